The molecule has 1 N–H and O–H groups in total. The van der Waals surface area contributed by atoms with E-state index in [4.69, 9.17) is 8.83 Å². The normalized spacial score (nSPS) is 12.0. The number of aromatic nitrogens is 4. The quantitative estimate of drug-likeness (QED) is 0.192. The minimum Gasteiger partial charge on any atom is -0.508 e. The summed E-state index contributed by atoms with van der Waals surface area (Å²) in [5.74, 6) is 2.04. The summed E-state index contributed by atoms with van der Waals surface area (Å²) in [6.45, 7) is 13.1. The molecule has 5 aromatic carbocycles. The molecule has 0 aliphatic heterocycles. The molecule has 0 atom stereocenters. The molecule has 2 heterocycles. The first-order valence-corrected chi connectivity index (χ1v) is 16.4. The first-order chi connectivity index (χ1) is 23.4. The maximum Gasteiger partial charge on any atom is 0.248 e. The van der Waals surface area contributed by atoms with Crippen LogP contribution < -0.4 is 0 Å². The highest BCUT2D eigenvalue weighted by Crippen LogP contribution is 2.34. The number of phenolic OH excluding ortho intramolecular Hbond substituents is 1. The number of rotatable bonds is 6. The molecule has 0 aliphatic carbocycles. The SMILES string of the molecule is CC(C)(C)c1ccc(-c2nnc(-c3ccc(-c4cc(O)cc(-c5ccc(-c6nnc(-c7ccc(C(C)(C)C)cc7)o6)cc5)c4)cc3)o2)cc1. The summed E-state index contributed by atoms with van der Waals surface area (Å²) in [6.07, 6.45) is 0. The monoisotopic (exact) mass is 646 g/mol. The van der Waals surface area contributed by atoms with E-state index in [0.29, 0.717) is 23.6 Å². The van der Waals surface area contributed by atoms with Crippen LogP contribution in [0.3, 0.4) is 0 Å². The number of hydrogen-bond acceptors (Lipinski definition) is 7. The molecule has 0 bridgehead atoms. The predicted octanol–water partition coefficient (Wildman–Crippen LogP) is 10.8. The molecular formula is C42H38N4O3. The average molecular weight is 647 g/mol. The van der Waals surface area contributed by atoms with Gasteiger partial charge in [0.1, 0.15) is 5.75 Å². The van der Waals surface area contributed by atoms with Gasteiger partial charge >= 0.3 is 0 Å². The van der Waals surface area contributed by atoms with Crippen molar-refractivity contribution in [2.24, 2.45) is 0 Å². The first kappa shape index (κ1) is 31.8. The largest absolute Gasteiger partial charge is 0.508 e. The van der Waals surface area contributed by atoms with Crippen LogP contribution in [-0.4, -0.2) is 25.5 Å². The standard InChI is InChI=1S/C42H38N4O3/c1-41(2,3)34-19-15-30(16-20-34)39-45-43-37(48-39)28-11-7-26(8-12-28)32-23-33(25-36(47)24-32)27-9-13-29(14-10-27)38-44-46-40(49-38)31-17-21-35(22-18-31)42(4,5)6/h7-25,47H,1-6H3. The van der Waals surface area contributed by atoms with E-state index in [9.17, 15) is 5.11 Å². The number of aromatic hydroxyl groups is 1. The van der Waals surface area contributed by atoms with Crippen molar-refractivity contribution in [3.8, 4) is 73.8 Å². The van der Waals surface area contributed by atoms with E-state index in [1.807, 2.05) is 72.8 Å². The van der Waals surface area contributed by atoms with Crippen molar-refractivity contribution in [1.29, 1.82) is 0 Å². The zero-order valence-electron chi connectivity index (χ0n) is 28.5. The maximum atomic E-state index is 10.7. The Morgan fingerprint density at radius 1 is 0.367 bits per heavy atom. The molecule has 7 nitrogen and oxygen atoms in total. The summed E-state index contributed by atoms with van der Waals surface area (Å²) in [6, 6.07) is 37.8. The summed E-state index contributed by atoms with van der Waals surface area (Å²) >= 11 is 0. The Bertz CT molecular complexity index is 2060. The van der Waals surface area contributed by atoms with Crippen molar-refractivity contribution in [3.63, 3.8) is 0 Å². The molecule has 0 saturated carbocycles. The molecule has 0 saturated heterocycles. The highest BCUT2D eigenvalue weighted by molar-refractivity contribution is 5.77. The first-order valence-electron chi connectivity index (χ1n) is 16.4. The lowest BCUT2D eigenvalue weighted by atomic mass is 9.87. The highest BCUT2D eigenvalue weighted by Gasteiger charge is 2.17. The smallest absolute Gasteiger partial charge is 0.248 e. The fourth-order valence-electron chi connectivity index (χ4n) is 5.69. The molecule has 0 aliphatic rings. The Morgan fingerprint density at radius 3 is 0.918 bits per heavy atom. The van der Waals surface area contributed by atoms with Crippen molar-refractivity contribution >= 4 is 0 Å². The zero-order chi connectivity index (χ0) is 34.3. The summed E-state index contributed by atoms with van der Waals surface area (Å²) in [4.78, 5) is 0. The number of phenols is 1. The minimum absolute atomic E-state index is 0.0720. The predicted molar refractivity (Wildman–Crippen MR) is 194 cm³/mol. The van der Waals surface area contributed by atoms with Crippen LogP contribution in [-0.2, 0) is 10.8 Å². The summed E-state index contributed by atoms with van der Waals surface area (Å²) in [7, 11) is 0. The molecule has 0 fully saturated rings. The van der Waals surface area contributed by atoms with E-state index in [0.717, 1.165) is 44.5 Å². The molecule has 7 aromatic rings. The molecule has 49 heavy (non-hydrogen) atoms. The number of benzene rings is 5. The molecule has 0 unspecified atom stereocenters. The van der Waals surface area contributed by atoms with Gasteiger partial charge in [-0.15, -0.1) is 20.4 Å². The second-order valence-corrected chi connectivity index (χ2v) is 14.4. The van der Waals surface area contributed by atoms with E-state index < -0.39 is 0 Å². The van der Waals surface area contributed by atoms with Crippen molar-refractivity contribution in [2.45, 2.75) is 52.4 Å². The van der Waals surface area contributed by atoms with Gasteiger partial charge in [0, 0.05) is 22.3 Å². The van der Waals surface area contributed by atoms with Gasteiger partial charge in [-0.2, -0.15) is 0 Å². The Labute approximate surface area is 286 Å². The molecule has 7 rings (SSSR count). The second kappa shape index (κ2) is 12.3. The molecular weight excluding hydrogens is 608 g/mol. The molecule has 244 valence electrons. The molecule has 0 amide bonds. The highest BCUT2D eigenvalue weighted by atomic mass is 16.4. The zero-order valence-corrected chi connectivity index (χ0v) is 28.5. The Balaban J connectivity index is 1.07. The molecule has 2 aromatic heterocycles. The lowest BCUT2D eigenvalue weighted by Gasteiger charge is -2.18. The Hall–Kier alpha value is -5.82. The third-order valence-electron chi connectivity index (χ3n) is 8.69. The Kier molecular flexibility index (Phi) is 7.99. The van der Waals surface area contributed by atoms with E-state index in [2.05, 4.69) is 92.3 Å². The summed E-state index contributed by atoms with van der Waals surface area (Å²) in [5, 5.41) is 27.8. The topological polar surface area (TPSA) is 98.1 Å². The van der Waals surface area contributed by atoms with Crippen LogP contribution in [0.1, 0.15) is 52.7 Å². The summed E-state index contributed by atoms with van der Waals surface area (Å²) in [5.41, 5.74) is 9.69. The van der Waals surface area contributed by atoms with Crippen molar-refractivity contribution in [3.05, 3.63) is 126 Å². The maximum absolute atomic E-state index is 10.7. The van der Waals surface area contributed by atoms with E-state index >= 15 is 0 Å². The Morgan fingerprint density at radius 2 is 0.633 bits per heavy atom. The fourth-order valence-corrected chi connectivity index (χ4v) is 5.69. The van der Waals surface area contributed by atoms with Gasteiger partial charge in [0.05, 0.1) is 0 Å². The van der Waals surface area contributed by atoms with Crippen LogP contribution >= 0.6 is 0 Å². The van der Waals surface area contributed by atoms with Gasteiger partial charge in [-0.3, -0.25) is 0 Å². The van der Waals surface area contributed by atoms with Crippen LogP contribution in [0.5, 0.6) is 5.75 Å². The van der Waals surface area contributed by atoms with Crippen molar-refractivity contribution in [1.82, 2.24) is 20.4 Å². The van der Waals surface area contributed by atoms with Crippen LogP contribution in [0.25, 0.3) is 68.1 Å². The van der Waals surface area contributed by atoms with Gasteiger partial charge < -0.3 is 13.9 Å². The lowest BCUT2D eigenvalue weighted by Crippen LogP contribution is -2.10. The number of nitrogens with zero attached hydrogens (tertiary/aromatic N) is 4. The van der Waals surface area contributed by atoms with Gasteiger partial charge in [0.15, 0.2) is 0 Å². The summed E-state index contributed by atoms with van der Waals surface area (Å²) < 4.78 is 12.1. The lowest BCUT2D eigenvalue weighted by molar-refractivity contribution is 0.476. The average Bonchev–Trinajstić information content (AvgIpc) is 3.79. The van der Waals surface area contributed by atoms with Crippen LogP contribution in [0.4, 0.5) is 0 Å². The van der Waals surface area contributed by atoms with Crippen LogP contribution in [0.2, 0.25) is 0 Å². The third-order valence-corrected chi connectivity index (χ3v) is 8.69. The minimum atomic E-state index is 0.0720. The van der Waals surface area contributed by atoms with Crippen LogP contribution in [0, 0.1) is 0 Å². The second-order valence-electron chi connectivity index (χ2n) is 14.4. The van der Waals surface area contributed by atoms with Gasteiger partial charge in [-0.1, -0.05) is 90.1 Å². The van der Waals surface area contributed by atoms with Gasteiger partial charge in [-0.05, 0) is 111 Å². The number of hydrogen-bond donors (Lipinski definition) is 1. The van der Waals surface area contributed by atoms with Crippen LogP contribution in [0.15, 0.2) is 124 Å². The third kappa shape index (κ3) is 6.79. The van der Waals surface area contributed by atoms with Crippen molar-refractivity contribution in [2.75, 3.05) is 0 Å². The van der Waals surface area contributed by atoms with E-state index in [-0.39, 0.29) is 16.6 Å². The van der Waals surface area contributed by atoms with Gasteiger partial charge in [0.25, 0.3) is 0 Å². The molecule has 7 heteroatoms. The van der Waals surface area contributed by atoms with Gasteiger partial charge in [-0.25, -0.2) is 0 Å². The molecule has 0 spiro atoms. The fraction of sp³-hybridized carbons (Fsp3) is 0.190. The van der Waals surface area contributed by atoms with Gasteiger partial charge in [0.2, 0.25) is 23.6 Å². The van der Waals surface area contributed by atoms with Crippen molar-refractivity contribution < 1.29 is 13.9 Å². The van der Waals surface area contributed by atoms with E-state index in [1.165, 1.54) is 11.1 Å². The molecule has 0 radical (unpaired) electrons. The van der Waals surface area contributed by atoms with E-state index in [1.54, 1.807) is 12.1 Å².